The third-order valence-corrected chi connectivity index (χ3v) is 3.52. The van der Waals surface area contributed by atoms with E-state index in [9.17, 15) is 18.4 Å². The molecule has 1 aromatic carbocycles. The fourth-order valence-corrected chi connectivity index (χ4v) is 1.92. The van der Waals surface area contributed by atoms with Gasteiger partial charge in [-0.15, -0.1) is 0 Å². The Balaban J connectivity index is 3.33. The Bertz CT molecular complexity index is 505. The van der Waals surface area contributed by atoms with Crippen molar-refractivity contribution in [2.75, 3.05) is 6.61 Å². The summed E-state index contributed by atoms with van der Waals surface area (Å²) in [6.07, 6.45) is 0. The fourth-order valence-electron chi connectivity index (χ4n) is 1.56. The van der Waals surface area contributed by atoms with Crippen LogP contribution in [0.3, 0.4) is 0 Å². The van der Waals surface area contributed by atoms with Crippen LogP contribution in [-0.2, 0) is 9.53 Å². The Morgan fingerprint density at radius 3 is 2.50 bits per heavy atom. The molecule has 0 amide bonds. The molecule has 4 nitrogen and oxygen atoms in total. The Morgan fingerprint density at radius 1 is 1.35 bits per heavy atom. The van der Waals surface area contributed by atoms with Gasteiger partial charge in [-0.3, -0.25) is 4.79 Å². The van der Waals surface area contributed by atoms with E-state index in [0.29, 0.717) is 0 Å². The number of hydrogen-bond acceptors (Lipinski definition) is 4. The molecule has 0 radical (unpaired) electrons. The first-order chi connectivity index (χ1) is 9.38. The van der Waals surface area contributed by atoms with Gasteiger partial charge in [0.25, 0.3) is 0 Å². The van der Waals surface area contributed by atoms with Crippen molar-refractivity contribution in [2.24, 2.45) is 0 Å². The highest BCUT2D eigenvalue weighted by molar-refractivity contribution is 9.09. The minimum absolute atomic E-state index is 0.0988. The van der Waals surface area contributed by atoms with Gasteiger partial charge in [0.15, 0.2) is 0 Å². The number of rotatable bonds is 6. The Labute approximate surface area is 123 Å². The fraction of sp³-hybridized carbons (Fsp3) is 0.385. The molecule has 0 spiro atoms. The highest BCUT2D eigenvalue weighted by Crippen LogP contribution is 2.35. The molecule has 110 valence electrons. The molecule has 7 heteroatoms. The van der Waals surface area contributed by atoms with Crippen LogP contribution < -0.4 is 4.74 Å². The van der Waals surface area contributed by atoms with Gasteiger partial charge >= 0.3 is 12.6 Å². The minimum Gasteiger partial charge on any atom is -0.462 e. The lowest BCUT2D eigenvalue weighted by Gasteiger charge is -2.16. The molecule has 0 saturated carbocycles. The molecule has 0 bridgehead atoms. The lowest BCUT2D eigenvalue weighted by Crippen LogP contribution is -2.14. The monoisotopic (exact) mass is 350 g/mol. The number of ether oxygens (including phenoxy) is 2. The van der Waals surface area contributed by atoms with Gasteiger partial charge in [0.05, 0.1) is 6.61 Å². The van der Waals surface area contributed by atoms with E-state index in [0.717, 1.165) is 0 Å². The smallest absolute Gasteiger partial charge is 0.387 e. The van der Waals surface area contributed by atoms with Crippen LogP contribution in [0.25, 0.3) is 0 Å². The summed E-state index contributed by atoms with van der Waals surface area (Å²) in [5.41, 5.74) is 0.0127. The SMILES string of the molecule is CCOC(=O)c1cccc(C(Br)C(C)=O)c1OC(F)F. The minimum atomic E-state index is -3.11. The third kappa shape index (κ3) is 4.00. The topological polar surface area (TPSA) is 52.6 Å². The summed E-state index contributed by atoms with van der Waals surface area (Å²) >= 11 is 3.09. The first-order valence-electron chi connectivity index (χ1n) is 5.77. The van der Waals surface area contributed by atoms with Crippen molar-refractivity contribution in [1.29, 1.82) is 0 Å². The summed E-state index contributed by atoms with van der Waals surface area (Å²) in [4.78, 5) is 22.3. The first kappa shape index (κ1) is 16.6. The van der Waals surface area contributed by atoms with E-state index in [-0.39, 0.29) is 29.3 Å². The van der Waals surface area contributed by atoms with Gasteiger partial charge in [0.1, 0.15) is 21.9 Å². The molecule has 0 aliphatic carbocycles. The molecular formula is C13H13BrF2O4. The molecule has 0 aliphatic heterocycles. The maximum absolute atomic E-state index is 12.5. The summed E-state index contributed by atoms with van der Waals surface area (Å²) in [6.45, 7) is -0.126. The predicted octanol–water partition coefficient (Wildman–Crippen LogP) is 3.49. The molecule has 1 unspecified atom stereocenters. The molecule has 0 fully saturated rings. The van der Waals surface area contributed by atoms with E-state index >= 15 is 0 Å². The second-order valence-corrected chi connectivity index (χ2v) is 4.71. The quantitative estimate of drug-likeness (QED) is 0.582. The van der Waals surface area contributed by atoms with Crippen LogP contribution in [0.4, 0.5) is 8.78 Å². The number of alkyl halides is 3. The number of carbonyl (C=O) groups is 2. The van der Waals surface area contributed by atoms with Crippen LogP contribution >= 0.6 is 15.9 Å². The van der Waals surface area contributed by atoms with Gasteiger partial charge in [0, 0.05) is 5.56 Å². The number of benzene rings is 1. The van der Waals surface area contributed by atoms with Crippen molar-refractivity contribution in [3.63, 3.8) is 0 Å². The zero-order valence-corrected chi connectivity index (χ0v) is 12.4. The van der Waals surface area contributed by atoms with E-state index in [1.165, 1.54) is 25.1 Å². The van der Waals surface area contributed by atoms with Crippen molar-refractivity contribution in [2.45, 2.75) is 25.3 Å². The lowest BCUT2D eigenvalue weighted by atomic mass is 10.0. The van der Waals surface area contributed by atoms with E-state index in [2.05, 4.69) is 20.7 Å². The largest absolute Gasteiger partial charge is 0.462 e. The molecule has 1 aromatic rings. The van der Waals surface area contributed by atoms with Crippen molar-refractivity contribution >= 4 is 27.7 Å². The molecule has 1 atom stereocenters. The van der Waals surface area contributed by atoms with Crippen molar-refractivity contribution in [3.8, 4) is 5.75 Å². The molecule has 0 N–H and O–H groups in total. The number of ketones is 1. The van der Waals surface area contributed by atoms with Gasteiger partial charge in [0.2, 0.25) is 0 Å². The standard InChI is InChI=1S/C13H13BrF2O4/c1-3-19-12(18)9-6-4-5-8(10(14)7(2)17)11(9)20-13(15)16/h4-6,10,13H,3H2,1-2H3. The number of esters is 1. The number of hydrogen-bond donors (Lipinski definition) is 0. The second-order valence-electron chi connectivity index (χ2n) is 3.80. The molecule has 0 aliphatic rings. The molecule has 1 rings (SSSR count). The number of para-hydroxylation sites is 1. The van der Waals surface area contributed by atoms with Crippen LogP contribution in [-0.4, -0.2) is 25.0 Å². The maximum Gasteiger partial charge on any atom is 0.387 e. The summed E-state index contributed by atoms with van der Waals surface area (Å²) in [7, 11) is 0. The van der Waals surface area contributed by atoms with E-state index < -0.39 is 17.4 Å². The maximum atomic E-state index is 12.5. The number of Topliss-reactive ketones (excluding diaryl/α,β-unsaturated/α-hetero) is 1. The Kier molecular flexibility index (Phi) is 6.06. The highest BCUT2D eigenvalue weighted by atomic mass is 79.9. The Hall–Kier alpha value is -1.50. The third-order valence-electron chi connectivity index (χ3n) is 2.38. The van der Waals surface area contributed by atoms with Gasteiger partial charge in [-0.25, -0.2) is 4.79 Å². The predicted molar refractivity (Wildman–Crippen MR) is 71.4 cm³/mol. The Morgan fingerprint density at radius 2 is 2.00 bits per heavy atom. The molecule has 0 saturated heterocycles. The summed E-state index contributed by atoms with van der Waals surface area (Å²) in [5.74, 6) is -1.43. The van der Waals surface area contributed by atoms with Crippen LogP contribution in [0, 0.1) is 0 Å². The first-order valence-corrected chi connectivity index (χ1v) is 6.69. The zero-order valence-electron chi connectivity index (χ0n) is 10.9. The molecular weight excluding hydrogens is 338 g/mol. The van der Waals surface area contributed by atoms with Gasteiger partial charge < -0.3 is 9.47 Å². The van der Waals surface area contributed by atoms with Gasteiger partial charge in [-0.1, -0.05) is 28.1 Å². The number of carbonyl (C=O) groups excluding carboxylic acids is 2. The average molecular weight is 351 g/mol. The average Bonchev–Trinajstić information content (AvgIpc) is 2.37. The van der Waals surface area contributed by atoms with Crippen molar-refractivity contribution in [3.05, 3.63) is 29.3 Å². The molecule has 20 heavy (non-hydrogen) atoms. The summed E-state index contributed by atoms with van der Waals surface area (Å²) in [6, 6.07) is 4.21. The summed E-state index contributed by atoms with van der Waals surface area (Å²) < 4.78 is 34.2. The van der Waals surface area contributed by atoms with E-state index in [4.69, 9.17) is 4.74 Å². The van der Waals surface area contributed by atoms with E-state index in [1.807, 2.05) is 0 Å². The van der Waals surface area contributed by atoms with Crippen molar-refractivity contribution < 1.29 is 27.8 Å². The lowest BCUT2D eigenvalue weighted by molar-refractivity contribution is -0.116. The second kappa shape index (κ2) is 7.33. The molecule has 0 aromatic heterocycles. The van der Waals surface area contributed by atoms with Crippen LogP contribution in [0.1, 0.15) is 34.6 Å². The van der Waals surface area contributed by atoms with Crippen LogP contribution in [0.2, 0.25) is 0 Å². The van der Waals surface area contributed by atoms with Gasteiger partial charge in [-0.05, 0) is 19.9 Å². The van der Waals surface area contributed by atoms with E-state index in [1.54, 1.807) is 6.92 Å². The van der Waals surface area contributed by atoms with Crippen LogP contribution in [0.15, 0.2) is 18.2 Å². The normalized spacial score (nSPS) is 12.1. The van der Waals surface area contributed by atoms with Crippen LogP contribution in [0.5, 0.6) is 5.75 Å². The van der Waals surface area contributed by atoms with Crippen molar-refractivity contribution in [1.82, 2.24) is 0 Å². The zero-order chi connectivity index (χ0) is 15.3. The molecule has 0 heterocycles. The summed E-state index contributed by atoms with van der Waals surface area (Å²) in [5, 5.41) is 0. The number of halogens is 3. The highest BCUT2D eigenvalue weighted by Gasteiger charge is 2.25. The van der Waals surface area contributed by atoms with Gasteiger partial charge in [-0.2, -0.15) is 8.78 Å².